The van der Waals surface area contributed by atoms with Crippen LogP contribution in [0.15, 0.2) is 18.2 Å². The van der Waals surface area contributed by atoms with Crippen molar-refractivity contribution in [2.75, 3.05) is 6.61 Å². The molecule has 106 valence electrons. The van der Waals surface area contributed by atoms with Gasteiger partial charge in [0.2, 0.25) is 0 Å². The molecule has 0 aromatic heterocycles. The van der Waals surface area contributed by atoms with Crippen molar-refractivity contribution in [3.63, 3.8) is 0 Å². The van der Waals surface area contributed by atoms with E-state index in [9.17, 15) is 0 Å². The third-order valence-corrected chi connectivity index (χ3v) is 4.32. The molecule has 0 heterocycles. The smallest absolute Gasteiger partial charge is 0.0889 e. The number of nitrogens with two attached hydrogens (primary N) is 1. The zero-order valence-corrected chi connectivity index (χ0v) is 12.3. The van der Waals surface area contributed by atoms with E-state index in [1.54, 1.807) is 0 Å². The number of ether oxygens (including phenoxy) is 1. The second kappa shape index (κ2) is 6.04. The standard InChI is InChI=1S/C16H26N2O/c1-4-19-16(9-5-6-10-16)15(18-17)14-11-12(2)7-8-13(14)3/h7-8,11,15,18H,4-6,9-10,17H2,1-3H3. The minimum absolute atomic E-state index is 0.0786. The van der Waals surface area contributed by atoms with Crippen LogP contribution in [-0.2, 0) is 4.74 Å². The van der Waals surface area contributed by atoms with Gasteiger partial charge in [-0.3, -0.25) is 11.3 Å². The quantitative estimate of drug-likeness (QED) is 0.633. The van der Waals surface area contributed by atoms with Crippen molar-refractivity contribution < 1.29 is 4.74 Å². The number of nitrogens with one attached hydrogen (secondary N) is 1. The predicted octanol–water partition coefficient (Wildman–Crippen LogP) is 3.16. The Labute approximate surface area is 116 Å². The van der Waals surface area contributed by atoms with E-state index in [4.69, 9.17) is 10.6 Å². The third kappa shape index (κ3) is 2.83. The van der Waals surface area contributed by atoms with Crippen LogP contribution in [-0.4, -0.2) is 12.2 Å². The van der Waals surface area contributed by atoms with Gasteiger partial charge in [-0.05, 0) is 44.7 Å². The summed E-state index contributed by atoms with van der Waals surface area (Å²) in [5, 5.41) is 0. The summed E-state index contributed by atoms with van der Waals surface area (Å²) in [6.45, 7) is 7.08. The Morgan fingerprint density at radius 1 is 1.32 bits per heavy atom. The predicted molar refractivity (Wildman–Crippen MR) is 78.8 cm³/mol. The van der Waals surface area contributed by atoms with Crippen LogP contribution >= 0.6 is 0 Å². The molecule has 1 aliphatic rings. The molecule has 0 amide bonds. The number of hydrogen-bond acceptors (Lipinski definition) is 3. The van der Waals surface area contributed by atoms with Gasteiger partial charge < -0.3 is 4.74 Å². The van der Waals surface area contributed by atoms with Gasteiger partial charge in [0, 0.05) is 6.61 Å². The van der Waals surface area contributed by atoms with Gasteiger partial charge in [0.25, 0.3) is 0 Å². The molecule has 0 aliphatic heterocycles. The summed E-state index contributed by atoms with van der Waals surface area (Å²) in [4.78, 5) is 0. The van der Waals surface area contributed by atoms with Gasteiger partial charge in [-0.2, -0.15) is 0 Å². The summed E-state index contributed by atoms with van der Waals surface area (Å²) in [5.41, 5.74) is 6.71. The average Bonchev–Trinajstić information content (AvgIpc) is 2.84. The van der Waals surface area contributed by atoms with Crippen molar-refractivity contribution in [3.05, 3.63) is 34.9 Å². The molecule has 19 heavy (non-hydrogen) atoms. The summed E-state index contributed by atoms with van der Waals surface area (Å²) in [6, 6.07) is 6.63. The molecule has 1 aromatic carbocycles. The van der Waals surface area contributed by atoms with Gasteiger partial charge in [-0.15, -0.1) is 0 Å². The lowest BCUT2D eigenvalue weighted by atomic mass is 9.84. The lowest BCUT2D eigenvalue weighted by Gasteiger charge is -2.38. The third-order valence-electron chi connectivity index (χ3n) is 4.32. The molecule has 2 rings (SSSR count). The van der Waals surface area contributed by atoms with Gasteiger partial charge in [0.15, 0.2) is 0 Å². The van der Waals surface area contributed by atoms with E-state index >= 15 is 0 Å². The fourth-order valence-electron chi connectivity index (χ4n) is 3.37. The number of benzene rings is 1. The molecule has 3 nitrogen and oxygen atoms in total. The highest BCUT2D eigenvalue weighted by atomic mass is 16.5. The van der Waals surface area contributed by atoms with Crippen molar-refractivity contribution in [2.24, 2.45) is 5.84 Å². The molecule has 3 heteroatoms. The van der Waals surface area contributed by atoms with E-state index < -0.39 is 0 Å². The minimum Gasteiger partial charge on any atom is -0.373 e. The number of hydrogen-bond donors (Lipinski definition) is 2. The Bertz CT molecular complexity index is 425. The Hall–Kier alpha value is -0.900. The first kappa shape index (κ1) is 14.5. The zero-order chi connectivity index (χ0) is 13.9. The van der Waals surface area contributed by atoms with Crippen molar-refractivity contribution >= 4 is 0 Å². The van der Waals surface area contributed by atoms with Crippen LogP contribution < -0.4 is 11.3 Å². The fraction of sp³-hybridized carbons (Fsp3) is 0.625. The maximum Gasteiger partial charge on any atom is 0.0889 e. The zero-order valence-electron chi connectivity index (χ0n) is 12.3. The summed E-state index contributed by atoms with van der Waals surface area (Å²) >= 11 is 0. The maximum atomic E-state index is 6.15. The molecule has 1 aromatic rings. The molecule has 1 atom stereocenters. The van der Waals surface area contributed by atoms with E-state index in [0.717, 1.165) is 19.4 Å². The molecule has 0 saturated heterocycles. The van der Waals surface area contributed by atoms with E-state index in [0.29, 0.717) is 0 Å². The maximum absolute atomic E-state index is 6.15. The highest BCUT2D eigenvalue weighted by molar-refractivity contribution is 5.35. The topological polar surface area (TPSA) is 47.3 Å². The second-order valence-electron chi connectivity index (χ2n) is 5.66. The van der Waals surface area contributed by atoms with Crippen LogP contribution in [0.3, 0.4) is 0 Å². The van der Waals surface area contributed by atoms with Crippen LogP contribution in [0.2, 0.25) is 0 Å². The Kier molecular flexibility index (Phi) is 4.61. The van der Waals surface area contributed by atoms with Crippen LogP contribution in [0.25, 0.3) is 0 Å². The van der Waals surface area contributed by atoms with Crippen LogP contribution in [0.5, 0.6) is 0 Å². The largest absolute Gasteiger partial charge is 0.373 e. The van der Waals surface area contributed by atoms with Gasteiger partial charge in [-0.25, -0.2) is 0 Å². The monoisotopic (exact) mass is 262 g/mol. The minimum atomic E-state index is -0.137. The molecular formula is C16H26N2O. The summed E-state index contributed by atoms with van der Waals surface area (Å²) in [6.07, 6.45) is 4.62. The summed E-state index contributed by atoms with van der Waals surface area (Å²) < 4.78 is 6.15. The molecule has 1 aliphatic carbocycles. The molecule has 3 N–H and O–H groups in total. The summed E-state index contributed by atoms with van der Waals surface area (Å²) in [7, 11) is 0. The Balaban J connectivity index is 2.39. The molecule has 1 unspecified atom stereocenters. The number of hydrazine groups is 1. The first-order chi connectivity index (χ1) is 9.13. The van der Waals surface area contributed by atoms with Gasteiger partial charge in [0.05, 0.1) is 11.6 Å². The van der Waals surface area contributed by atoms with Gasteiger partial charge >= 0.3 is 0 Å². The van der Waals surface area contributed by atoms with E-state index in [1.165, 1.54) is 29.5 Å². The van der Waals surface area contributed by atoms with Gasteiger partial charge in [0.1, 0.15) is 0 Å². The summed E-state index contributed by atoms with van der Waals surface area (Å²) in [5.74, 6) is 5.89. The first-order valence-electron chi connectivity index (χ1n) is 7.30. The lowest BCUT2D eigenvalue weighted by molar-refractivity contribution is -0.0628. The van der Waals surface area contributed by atoms with E-state index in [1.807, 2.05) is 0 Å². The molecule has 1 saturated carbocycles. The highest BCUT2D eigenvalue weighted by Gasteiger charge is 2.43. The van der Waals surface area contributed by atoms with Crippen molar-refractivity contribution in [3.8, 4) is 0 Å². The van der Waals surface area contributed by atoms with Crippen LogP contribution in [0.4, 0.5) is 0 Å². The molecule has 0 spiro atoms. The van der Waals surface area contributed by atoms with Crippen molar-refractivity contribution in [2.45, 2.75) is 58.1 Å². The SMILES string of the molecule is CCOC1(C(NN)c2cc(C)ccc2C)CCCC1. The second-order valence-corrected chi connectivity index (χ2v) is 5.66. The van der Waals surface area contributed by atoms with E-state index in [-0.39, 0.29) is 11.6 Å². The van der Waals surface area contributed by atoms with Gasteiger partial charge in [-0.1, -0.05) is 36.6 Å². The molecule has 0 radical (unpaired) electrons. The number of rotatable bonds is 5. The highest BCUT2D eigenvalue weighted by Crippen LogP contribution is 2.43. The Morgan fingerprint density at radius 2 is 2.00 bits per heavy atom. The molecule has 0 bridgehead atoms. The normalized spacial score (nSPS) is 19.6. The molecular weight excluding hydrogens is 236 g/mol. The lowest BCUT2D eigenvalue weighted by Crippen LogP contribution is -2.47. The fourth-order valence-corrected chi connectivity index (χ4v) is 3.37. The average molecular weight is 262 g/mol. The van der Waals surface area contributed by atoms with Crippen molar-refractivity contribution in [1.82, 2.24) is 5.43 Å². The van der Waals surface area contributed by atoms with Crippen LogP contribution in [0, 0.1) is 13.8 Å². The Morgan fingerprint density at radius 3 is 2.58 bits per heavy atom. The first-order valence-corrected chi connectivity index (χ1v) is 7.30. The van der Waals surface area contributed by atoms with Crippen molar-refractivity contribution in [1.29, 1.82) is 0 Å². The number of aryl methyl sites for hydroxylation is 2. The molecule has 1 fully saturated rings. The van der Waals surface area contributed by atoms with Crippen LogP contribution in [0.1, 0.15) is 55.3 Å². The van der Waals surface area contributed by atoms with E-state index in [2.05, 4.69) is 44.4 Å².